The van der Waals surface area contributed by atoms with E-state index in [0.29, 0.717) is 0 Å². The summed E-state index contributed by atoms with van der Waals surface area (Å²) in [4.78, 5) is 11.1. The van der Waals surface area contributed by atoms with E-state index >= 15 is 0 Å². The fraction of sp³-hybridized carbons (Fsp3) is 0.222. The maximum Gasteiger partial charge on any atom is 0.374 e. The standard InChI is InChI=1S/C9H10O3/c1-3-7(2)12-9(10)8-5-4-6-11-8/h3-7H,1H2,2H3. The van der Waals surface area contributed by atoms with Gasteiger partial charge >= 0.3 is 5.97 Å². The molecule has 0 saturated heterocycles. The zero-order chi connectivity index (χ0) is 8.97. The Morgan fingerprint density at radius 1 is 1.83 bits per heavy atom. The molecule has 0 saturated carbocycles. The van der Waals surface area contributed by atoms with Gasteiger partial charge in [0.25, 0.3) is 0 Å². The molecule has 3 heteroatoms. The van der Waals surface area contributed by atoms with Crippen LogP contribution in [0.5, 0.6) is 0 Å². The summed E-state index contributed by atoms with van der Waals surface area (Å²) in [5.74, 6) is -0.254. The van der Waals surface area contributed by atoms with E-state index in [0.717, 1.165) is 0 Å². The van der Waals surface area contributed by atoms with Crippen LogP contribution in [0, 0.1) is 0 Å². The molecule has 0 fully saturated rings. The van der Waals surface area contributed by atoms with E-state index in [9.17, 15) is 4.79 Å². The summed E-state index contributed by atoms with van der Waals surface area (Å²) in [5.41, 5.74) is 0. The van der Waals surface area contributed by atoms with Gasteiger partial charge in [-0.15, -0.1) is 0 Å². The first kappa shape index (κ1) is 8.59. The molecular weight excluding hydrogens is 156 g/mol. The molecule has 0 bridgehead atoms. The van der Waals surface area contributed by atoms with Crippen LogP contribution < -0.4 is 0 Å². The lowest BCUT2D eigenvalue weighted by Gasteiger charge is -2.05. The highest BCUT2D eigenvalue weighted by atomic mass is 16.6. The summed E-state index contributed by atoms with van der Waals surface area (Å²) in [7, 11) is 0. The fourth-order valence-electron chi connectivity index (χ4n) is 0.670. The quantitative estimate of drug-likeness (QED) is 0.509. The summed E-state index contributed by atoms with van der Waals surface area (Å²) < 4.78 is 9.72. The van der Waals surface area contributed by atoms with Gasteiger partial charge in [-0.2, -0.15) is 0 Å². The Morgan fingerprint density at radius 3 is 3.08 bits per heavy atom. The highest BCUT2D eigenvalue weighted by Crippen LogP contribution is 2.04. The number of carbonyl (C=O) groups is 1. The van der Waals surface area contributed by atoms with E-state index in [-0.39, 0.29) is 11.9 Å². The molecule has 0 aliphatic carbocycles. The van der Waals surface area contributed by atoms with Crippen molar-refractivity contribution in [1.29, 1.82) is 0 Å². The molecule has 0 N–H and O–H groups in total. The lowest BCUT2D eigenvalue weighted by Crippen LogP contribution is -2.11. The minimum atomic E-state index is -0.465. The number of hydrogen-bond acceptors (Lipinski definition) is 3. The van der Waals surface area contributed by atoms with Crippen molar-refractivity contribution < 1.29 is 13.9 Å². The third-order valence-corrected chi connectivity index (χ3v) is 1.35. The zero-order valence-electron chi connectivity index (χ0n) is 6.82. The predicted molar refractivity (Wildman–Crippen MR) is 43.8 cm³/mol. The van der Waals surface area contributed by atoms with Crippen LogP contribution in [-0.4, -0.2) is 12.1 Å². The smallest absolute Gasteiger partial charge is 0.374 e. The molecule has 1 unspecified atom stereocenters. The Balaban J connectivity index is 2.55. The number of ether oxygens (including phenoxy) is 1. The van der Waals surface area contributed by atoms with Gasteiger partial charge in [0.2, 0.25) is 5.76 Å². The first-order chi connectivity index (χ1) is 5.74. The lowest BCUT2D eigenvalue weighted by atomic mass is 10.4. The number of rotatable bonds is 3. The Labute approximate surface area is 70.6 Å². The highest BCUT2D eigenvalue weighted by Gasteiger charge is 2.11. The number of carbonyl (C=O) groups excluding carboxylic acids is 1. The van der Waals surface area contributed by atoms with Gasteiger partial charge in [0.05, 0.1) is 6.26 Å². The average molecular weight is 166 g/mol. The van der Waals surface area contributed by atoms with Crippen LogP contribution in [0.1, 0.15) is 17.5 Å². The average Bonchev–Trinajstić information content (AvgIpc) is 2.56. The summed E-state index contributed by atoms with van der Waals surface area (Å²) in [6.45, 7) is 5.22. The minimum Gasteiger partial charge on any atom is -0.457 e. The monoisotopic (exact) mass is 166 g/mol. The van der Waals surface area contributed by atoms with Crippen molar-refractivity contribution in [2.45, 2.75) is 13.0 Å². The molecule has 0 amide bonds. The molecule has 0 aliphatic rings. The Bertz CT molecular complexity index is 261. The molecule has 0 spiro atoms. The summed E-state index contributed by atoms with van der Waals surface area (Å²) in [6, 6.07) is 3.19. The normalized spacial score (nSPS) is 12.1. The van der Waals surface area contributed by atoms with Crippen LogP contribution >= 0.6 is 0 Å². The van der Waals surface area contributed by atoms with Crippen LogP contribution in [0.25, 0.3) is 0 Å². The van der Waals surface area contributed by atoms with Crippen molar-refractivity contribution in [2.75, 3.05) is 0 Å². The van der Waals surface area contributed by atoms with Gasteiger partial charge < -0.3 is 9.15 Å². The first-order valence-electron chi connectivity index (χ1n) is 3.61. The van der Waals surface area contributed by atoms with Crippen molar-refractivity contribution in [3.05, 3.63) is 36.8 Å². The first-order valence-corrected chi connectivity index (χ1v) is 3.61. The van der Waals surface area contributed by atoms with Crippen molar-refractivity contribution in [3.63, 3.8) is 0 Å². The van der Waals surface area contributed by atoms with Crippen molar-refractivity contribution in [1.82, 2.24) is 0 Å². The van der Waals surface area contributed by atoms with E-state index in [4.69, 9.17) is 9.15 Å². The van der Waals surface area contributed by atoms with E-state index in [1.54, 1.807) is 25.1 Å². The molecule has 0 radical (unpaired) electrons. The molecule has 64 valence electrons. The molecule has 1 heterocycles. The number of hydrogen-bond donors (Lipinski definition) is 0. The Kier molecular flexibility index (Phi) is 2.69. The second-order valence-corrected chi connectivity index (χ2v) is 2.32. The van der Waals surface area contributed by atoms with E-state index in [1.165, 1.54) is 6.26 Å². The van der Waals surface area contributed by atoms with Crippen LogP contribution in [-0.2, 0) is 4.74 Å². The molecule has 1 atom stereocenters. The molecule has 0 aromatic carbocycles. The molecule has 1 rings (SSSR count). The van der Waals surface area contributed by atoms with E-state index < -0.39 is 5.97 Å². The summed E-state index contributed by atoms with van der Waals surface area (Å²) in [6.07, 6.45) is 2.68. The SMILES string of the molecule is C=CC(C)OC(=O)c1ccco1. The number of esters is 1. The van der Waals surface area contributed by atoms with Crippen LogP contribution in [0.3, 0.4) is 0 Å². The van der Waals surface area contributed by atoms with Crippen LogP contribution in [0.15, 0.2) is 35.5 Å². The molecule has 1 aromatic rings. The molecule has 12 heavy (non-hydrogen) atoms. The topological polar surface area (TPSA) is 39.4 Å². The summed E-state index contributed by atoms with van der Waals surface area (Å²) in [5, 5.41) is 0. The van der Waals surface area contributed by atoms with Gasteiger partial charge in [-0.05, 0) is 19.1 Å². The van der Waals surface area contributed by atoms with Crippen LogP contribution in [0.4, 0.5) is 0 Å². The Morgan fingerprint density at radius 2 is 2.58 bits per heavy atom. The van der Waals surface area contributed by atoms with Gasteiger partial charge in [-0.3, -0.25) is 0 Å². The third kappa shape index (κ3) is 1.99. The largest absolute Gasteiger partial charge is 0.457 e. The molecule has 1 aromatic heterocycles. The van der Waals surface area contributed by atoms with Gasteiger partial charge in [0.1, 0.15) is 6.10 Å². The fourth-order valence-corrected chi connectivity index (χ4v) is 0.670. The van der Waals surface area contributed by atoms with Gasteiger partial charge in [-0.25, -0.2) is 4.79 Å². The minimum absolute atomic E-state index is 0.212. The summed E-state index contributed by atoms with van der Waals surface area (Å²) >= 11 is 0. The maximum atomic E-state index is 11.1. The van der Waals surface area contributed by atoms with Crippen molar-refractivity contribution in [2.24, 2.45) is 0 Å². The van der Waals surface area contributed by atoms with Gasteiger partial charge in [0, 0.05) is 0 Å². The highest BCUT2D eigenvalue weighted by molar-refractivity contribution is 5.86. The maximum absolute atomic E-state index is 11.1. The van der Waals surface area contributed by atoms with E-state index in [2.05, 4.69) is 6.58 Å². The van der Waals surface area contributed by atoms with Crippen molar-refractivity contribution >= 4 is 5.97 Å². The third-order valence-electron chi connectivity index (χ3n) is 1.35. The number of furan rings is 1. The molecule has 3 nitrogen and oxygen atoms in total. The second-order valence-electron chi connectivity index (χ2n) is 2.32. The lowest BCUT2D eigenvalue weighted by molar-refractivity contribution is 0.0388. The second kappa shape index (κ2) is 3.76. The molecule has 0 aliphatic heterocycles. The predicted octanol–water partition coefficient (Wildman–Crippen LogP) is 2.01. The Hall–Kier alpha value is -1.51. The molecular formula is C9H10O3. The van der Waals surface area contributed by atoms with Gasteiger partial charge in [0.15, 0.2) is 0 Å². The van der Waals surface area contributed by atoms with Crippen molar-refractivity contribution in [3.8, 4) is 0 Å². The van der Waals surface area contributed by atoms with E-state index in [1.807, 2.05) is 0 Å². The van der Waals surface area contributed by atoms with Gasteiger partial charge in [-0.1, -0.05) is 12.7 Å². The zero-order valence-corrected chi connectivity index (χ0v) is 6.82. The van der Waals surface area contributed by atoms with Crippen LogP contribution in [0.2, 0.25) is 0 Å².